The van der Waals surface area contributed by atoms with Crippen LogP contribution >= 0.6 is 0 Å². The zero-order valence-corrected chi connectivity index (χ0v) is 11.8. The summed E-state index contributed by atoms with van der Waals surface area (Å²) < 4.78 is 23.3. The average molecular weight is 286 g/mol. The van der Waals surface area contributed by atoms with E-state index in [9.17, 15) is 4.39 Å². The van der Waals surface area contributed by atoms with Crippen molar-refractivity contribution in [2.75, 3.05) is 19.5 Å². The highest BCUT2D eigenvalue weighted by Gasteiger charge is 2.05. The van der Waals surface area contributed by atoms with Crippen LogP contribution < -0.4 is 14.8 Å². The average Bonchev–Trinajstić information content (AvgIpc) is 2.53. The minimum atomic E-state index is -0.403. The number of nitrogens with zero attached hydrogens (tertiary/aromatic N) is 1. The predicted octanol–water partition coefficient (Wildman–Crippen LogP) is 3.33. The van der Waals surface area contributed by atoms with Crippen LogP contribution in [-0.4, -0.2) is 14.2 Å². The van der Waals surface area contributed by atoms with Crippen molar-refractivity contribution in [2.24, 2.45) is 0 Å². The Bertz CT molecular complexity index is 680. The summed E-state index contributed by atoms with van der Waals surface area (Å²) in [5.74, 6) is 0.330. The highest BCUT2D eigenvalue weighted by Crippen LogP contribution is 2.23. The minimum Gasteiger partial charge on any atom is -0.495 e. The van der Waals surface area contributed by atoms with Crippen LogP contribution in [0.25, 0.3) is 0 Å². The number of benzene rings is 2. The van der Waals surface area contributed by atoms with Gasteiger partial charge < -0.3 is 14.8 Å². The third-order valence-electron chi connectivity index (χ3n) is 3.03. The van der Waals surface area contributed by atoms with Gasteiger partial charge in [-0.25, -0.2) is 4.39 Å². The van der Waals surface area contributed by atoms with Crippen LogP contribution in [0.5, 0.6) is 11.5 Å². The Morgan fingerprint density at radius 2 is 1.86 bits per heavy atom. The van der Waals surface area contributed by atoms with E-state index < -0.39 is 5.82 Å². The summed E-state index contributed by atoms with van der Waals surface area (Å²) in [5, 5.41) is 12.2. The fourth-order valence-electron chi connectivity index (χ4n) is 1.93. The molecule has 1 N–H and O–H groups in total. The van der Waals surface area contributed by atoms with Crippen molar-refractivity contribution in [1.82, 2.24) is 0 Å². The highest BCUT2D eigenvalue weighted by molar-refractivity contribution is 5.50. The van der Waals surface area contributed by atoms with Gasteiger partial charge in [0.25, 0.3) is 0 Å². The molecule has 0 heterocycles. The third kappa shape index (κ3) is 3.42. The van der Waals surface area contributed by atoms with Gasteiger partial charge in [0, 0.05) is 18.3 Å². The molecule has 0 saturated carbocycles. The van der Waals surface area contributed by atoms with Gasteiger partial charge >= 0.3 is 0 Å². The van der Waals surface area contributed by atoms with E-state index in [2.05, 4.69) is 11.4 Å². The predicted molar refractivity (Wildman–Crippen MR) is 78.0 cm³/mol. The fourth-order valence-corrected chi connectivity index (χ4v) is 1.93. The maximum absolute atomic E-state index is 13.3. The highest BCUT2D eigenvalue weighted by atomic mass is 19.1. The molecular weight excluding hydrogens is 271 g/mol. The van der Waals surface area contributed by atoms with Gasteiger partial charge in [-0.3, -0.25) is 0 Å². The second-order valence-corrected chi connectivity index (χ2v) is 4.35. The molecule has 0 unspecified atom stereocenters. The number of anilines is 1. The lowest BCUT2D eigenvalue weighted by molar-refractivity contribution is 0.387. The van der Waals surface area contributed by atoms with Gasteiger partial charge in [0.1, 0.15) is 11.8 Å². The molecule has 2 aromatic carbocycles. The maximum atomic E-state index is 13.3. The Morgan fingerprint density at radius 1 is 1.10 bits per heavy atom. The van der Waals surface area contributed by atoms with Crippen molar-refractivity contribution >= 4 is 5.69 Å². The van der Waals surface area contributed by atoms with E-state index in [1.807, 2.05) is 6.07 Å². The van der Waals surface area contributed by atoms with Crippen molar-refractivity contribution in [1.29, 1.82) is 5.26 Å². The lowest BCUT2D eigenvalue weighted by atomic mass is 10.1. The fraction of sp³-hybridized carbons (Fsp3) is 0.188. The molecule has 0 saturated heterocycles. The molecule has 108 valence electrons. The molecule has 21 heavy (non-hydrogen) atoms. The van der Waals surface area contributed by atoms with E-state index in [4.69, 9.17) is 14.7 Å². The Morgan fingerprint density at radius 3 is 2.52 bits per heavy atom. The number of nitrogens with one attached hydrogen (secondary N) is 1. The van der Waals surface area contributed by atoms with Gasteiger partial charge in [-0.15, -0.1) is 0 Å². The number of nitriles is 1. The molecule has 0 aliphatic rings. The molecule has 0 bridgehead atoms. The Balaban J connectivity index is 2.11. The number of hydrogen-bond acceptors (Lipinski definition) is 4. The SMILES string of the molecule is COc1cc(NCc2ccc(OC)c(C#N)c2)ccc1F. The molecule has 0 radical (unpaired) electrons. The first kappa shape index (κ1) is 14.7. The number of methoxy groups -OCH3 is 2. The first-order valence-electron chi connectivity index (χ1n) is 6.32. The van der Waals surface area contributed by atoms with E-state index in [1.54, 1.807) is 24.3 Å². The maximum Gasteiger partial charge on any atom is 0.165 e. The minimum absolute atomic E-state index is 0.187. The monoisotopic (exact) mass is 286 g/mol. The molecule has 2 aromatic rings. The van der Waals surface area contributed by atoms with Crippen molar-refractivity contribution in [2.45, 2.75) is 6.54 Å². The largest absolute Gasteiger partial charge is 0.495 e. The molecule has 0 aliphatic heterocycles. The van der Waals surface area contributed by atoms with Crippen LogP contribution in [0.4, 0.5) is 10.1 Å². The topological polar surface area (TPSA) is 54.3 Å². The molecule has 2 rings (SSSR count). The Labute approximate surface area is 122 Å². The summed E-state index contributed by atoms with van der Waals surface area (Å²) in [6, 6.07) is 12.0. The molecule has 0 spiro atoms. The van der Waals surface area contributed by atoms with Crippen LogP contribution in [0.2, 0.25) is 0 Å². The van der Waals surface area contributed by atoms with Gasteiger partial charge in [-0.2, -0.15) is 5.26 Å². The van der Waals surface area contributed by atoms with Crippen LogP contribution in [-0.2, 0) is 6.54 Å². The zero-order valence-electron chi connectivity index (χ0n) is 11.8. The quantitative estimate of drug-likeness (QED) is 0.916. The van der Waals surface area contributed by atoms with E-state index >= 15 is 0 Å². The molecule has 0 atom stereocenters. The van der Waals surface area contributed by atoms with Crippen LogP contribution in [0.1, 0.15) is 11.1 Å². The smallest absolute Gasteiger partial charge is 0.165 e. The van der Waals surface area contributed by atoms with E-state index in [1.165, 1.54) is 20.3 Å². The number of ether oxygens (including phenoxy) is 2. The number of halogens is 1. The number of hydrogen-bond donors (Lipinski definition) is 1. The molecule has 4 nitrogen and oxygen atoms in total. The van der Waals surface area contributed by atoms with Gasteiger partial charge in [0.2, 0.25) is 0 Å². The zero-order chi connectivity index (χ0) is 15.2. The Hall–Kier alpha value is -2.74. The van der Waals surface area contributed by atoms with Crippen LogP contribution in [0, 0.1) is 17.1 Å². The van der Waals surface area contributed by atoms with Crippen LogP contribution in [0.15, 0.2) is 36.4 Å². The lowest BCUT2D eigenvalue weighted by Crippen LogP contribution is -2.01. The van der Waals surface area contributed by atoms with Crippen molar-refractivity contribution in [3.05, 3.63) is 53.3 Å². The molecule has 0 aliphatic carbocycles. The van der Waals surface area contributed by atoms with Gasteiger partial charge in [-0.1, -0.05) is 6.07 Å². The molecular formula is C16H15FN2O2. The van der Waals surface area contributed by atoms with Crippen LogP contribution in [0.3, 0.4) is 0 Å². The second-order valence-electron chi connectivity index (χ2n) is 4.35. The molecule has 5 heteroatoms. The first-order chi connectivity index (χ1) is 10.2. The summed E-state index contributed by atoms with van der Waals surface area (Å²) in [7, 11) is 2.95. The molecule has 0 fully saturated rings. The normalized spacial score (nSPS) is 9.81. The summed E-state index contributed by atoms with van der Waals surface area (Å²) in [4.78, 5) is 0. The second kappa shape index (κ2) is 6.62. The van der Waals surface area contributed by atoms with Crippen molar-refractivity contribution in [3.63, 3.8) is 0 Å². The van der Waals surface area contributed by atoms with Crippen molar-refractivity contribution < 1.29 is 13.9 Å². The Kier molecular flexibility index (Phi) is 4.62. The van der Waals surface area contributed by atoms with Gasteiger partial charge in [0.15, 0.2) is 11.6 Å². The summed E-state index contributed by atoms with van der Waals surface area (Å²) in [6.07, 6.45) is 0. The van der Waals surface area contributed by atoms with E-state index in [0.29, 0.717) is 17.9 Å². The van der Waals surface area contributed by atoms with E-state index in [0.717, 1.165) is 11.3 Å². The number of rotatable bonds is 5. The molecule has 0 amide bonds. The first-order valence-corrected chi connectivity index (χ1v) is 6.32. The summed E-state index contributed by atoms with van der Waals surface area (Å²) in [6.45, 7) is 0.507. The standard InChI is InChI=1S/C16H15FN2O2/c1-20-15-6-3-11(7-12(15)9-18)10-19-13-4-5-14(17)16(8-13)21-2/h3-8,19H,10H2,1-2H3. The third-order valence-corrected chi connectivity index (χ3v) is 3.03. The lowest BCUT2D eigenvalue weighted by Gasteiger charge is -2.10. The summed E-state index contributed by atoms with van der Waals surface area (Å²) >= 11 is 0. The van der Waals surface area contributed by atoms with Gasteiger partial charge in [-0.05, 0) is 29.8 Å². The molecule has 0 aromatic heterocycles. The van der Waals surface area contributed by atoms with Crippen molar-refractivity contribution in [3.8, 4) is 17.6 Å². The van der Waals surface area contributed by atoms with Gasteiger partial charge in [0.05, 0.1) is 19.8 Å². The summed E-state index contributed by atoms with van der Waals surface area (Å²) in [5.41, 5.74) is 2.15. The van der Waals surface area contributed by atoms with E-state index in [-0.39, 0.29) is 5.75 Å².